The average Bonchev–Trinajstić information content (AvgIpc) is 2.79. The Bertz CT molecular complexity index is 320. The molecule has 0 saturated carbocycles. The van der Waals surface area contributed by atoms with Gasteiger partial charge in [-0.15, -0.1) is 0 Å². The molecular formula is C13H25N3O3. The Morgan fingerprint density at radius 2 is 2.05 bits per heavy atom. The predicted molar refractivity (Wildman–Crippen MR) is 72.7 cm³/mol. The van der Waals surface area contributed by atoms with Gasteiger partial charge in [0.25, 0.3) is 0 Å². The van der Waals surface area contributed by atoms with E-state index in [4.69, 9.17) is 4.74 Å². The molecule has 0 radical (unpaired) electrons. The molecule has 0 aliphatic carbocycles. The monoisotopic (exact) mass is 271 g/mol. The van der Waals surface area contributed by atoms with Gasteiger partial charge in [0.1, 0.15) is 0 Å². The second kappa shape index (κ2) is 7.45. The van der Waals surface area contributed by atoms with E-state index >= 15 is 0 Å². The molecule has 0 bridgehead atoms. The molecule has 1 rings (SSSR count). The van der Waals surface area contributed by atoms with Gasteiger partial charge >= 0.3 is 0 Å². The zero-order valence-electron chi connectivity index (χ0n) is 12.3. The third-order valence-electron chi connectivity index (χ3n) is 3.54. The van der Waals surface area contributed by atoms with Crippen LogP contribution < -0.4 is 5.32 Å². The van der Waals surface area contributed by atoms with Crippen molar-refractivity contribution in [2.75, 3.05) is 47.4 Å². The third-order valence-corrected chi connectivity index (χ3v) is 3.54. The normalized spacial score (nSPS) is 22.3. The molecule has 0 aromatic carbocycles. The predicted octanol–water partition coefficient (Wildman–Crippen LogP) is -0.452. The van der Waals surface area contributed by atoms with Crippen LogP contribution >= 0.6 is 0 Å². The first-order valence-corrected chi connectivity index (χ1v) is 6.68. The fraction of sp³-hybridized carbons (Fsp3) is 0.846. The first-order chi connectivity index (χ1) is 8.97. The molecule has 2 amide bonds. The van der Waals surface area contributed by atoms with Crippen LogP contribution in [0.2, 0.25) is 0 Å². The molecule has 1 N–H and O–H groups in total. The number of ether oxygens (including phenoxy) is 1. The van der Waals surface area contributed by atoms with Crippen molar-refractivity contribution in [3.05, 3.63) is 0 Å². The van der Waals surface area contributed by atoms with Crippen LogP contribution in [0.3, 0.4) is 0 Å². The van der Waals surface area contributed by atoms with E-state index in [-0.39, 0.29) is 30.3 Å². The van der Waals surface area contributed by atoms with Crippen LogP contribution in [0.15, 0.2) is 0 Å². The molecule has 6 heteroatoms. The number of amides is 2. The fourth-order valence-electron chi connectivity index (χ4n) is 2.20. The number of nitrogens with zero attached hydrogens (tertiary/aromatic N) is 2. The summed E-state index contributed by atoms with van der Waals surface area (Å²) in [6.07, 6.45) is 0.833. The van der Waals surface area contributed by atoms with E-state index in [0.29, 0.717) is 13.2 Å². The molecular weight excluding hydrogens is 246 g/mol. The second-order valence-corrected chi connectivity index (χ2v) is 5.18. The lowest BCUT2D eigenvalue weighted by Gasteiger charge is -2.27. The van der Waals surface area contributed by atoms with Gasteiger partial charge in [-0.05, 0) is 19.9 Å². The lowest BCUT2D eigenvalue weighted by Crippen LogP contribution is -2.46. The Hall–Kier alpha value is -1.14. The molecule has 1 aliphatic rings. The lowest BCUT2D eigenvalue weighted by atomic mass is 10.0. The minimum absolute atomic E-state index is 0.0354. The van der Waals surface area contributed by atoms with Crippen molar-refractivity contribution < 1.29 is 14.3 Å². The van der Waals surface area contributed by atoms with Crippen molar-refractivity contribution in [3.8, 4) is 0 Å². The average molecular weight is 271 g/mol. The molecule has 6 nitrogen and oxygen atoms in total. The van der Waals surface area contributed by atoms with Crippen LogP contribution in [0, 0.1) is 5.92 Å². The summed E-state index contributed by atoms with van der Waals surface area (Å²) in [5.74, 6) is -0.0559. The van der Waals surface area contributed by atoms with Crippen LogP contribution in [0.25, 0.3) is 0 Å². The van der Waals surface area contributed by atoms with Gasteiger partial charge in [0.05, 0.1) is 19.1 Å². The highest BCUT2D eigenvalue weighted by Gasteiger charge is 2.33. The molecule has 1 aliphatic heterocycles. The molecule has 110 valence electrons. The third kappa shape index (κ3) is 4.47. The Labute approximate surface area is 115 Å². The summed E-state index contributed by atoms with van der Waals surface area (Å²) in [7, 11) is 4.98. The number of rotatable bonds is 6. The Kier molecular flexibility index (Phi) is 6.24. The molecule has 19 heavy (non-hydrogen) atoms. The van der Waals surface area contributed by atoms with E-state index in [9.17, 15) is 9.59 Å². The van der Waals surface area contributed by atoms with Crippen LogP contribution in [-0.2, 0) is 14.3 Å². The summed E-state index contributed by atoms with van der Waals surface area (Å²) in [4.78, 5) is 27.4. The van der Waals surface area contributed by atoms with E-state index in [1.807, 2.05) is 6.92 Å². The van der Waals surface area contributed by atoms with E-state index < -0.39 is 0 Å². The highest BCUT2D eigenvalue weighted by molar-refractivity contribution is 5.86. The Morgan fingerprint density at radius 3 is 2.53 bits per heavy atom. The van der Waals surface area contributed by atoms with Gasteiger partial charge in [-0.3, -0.25) is 9.59 Å². The lowest BCUT2D eigenvalue weighted by molar-refractivity contribution is -0.142. The van der Waals surface area contributed by atoms with Crippen molar-refractivity contribution >= 4 is 11.8 Å². The number of likely N-dealkylation sites (N-methyl/N-ethyl adjacent to an activating group) is 1. The summed E-state index contributed by atoms with van der Waals surface area (Å²) < 4.78 is 5.02. The van der Waals surface area contributed by atoms with Crippen LogP contribution in [0.4, 0.5) is 0 Å². The minimum Gasteiger partial charge on any atom is -0.383 e. The van der Waals surface area contributed by atoms with E-state index in [1.165, 1.54) is 4.90 Å². The summed E-state index contributed by atoms with van der Waals surface area (Å²) in [5.41, 5.74) is 0. The van der Waals surface area contributed by atoms with Gasteiger partial charge in [-0.25, -0.2) is 0 Å². The summed E-state index contributed by atoms with van der Waals surface area (Å²) in [6, 6.07) is 0.173. The van der Waals surface area contributed by atoms with Gasteiger partial charge in [-0.1, -0.05) is 0 Å². The van der Waals surface area contributed by atoms with E-state index in [2.05, 4.69) is 5.32 Å². The molecule has 0 aromatic rings. The zero-order chi connectivity index (χ0) is 14.4. The fourth-order valence-corrected chi connectivity index (χ4v) is 2.20. The van der Waals surface area contributed by atoms with Crippen LogP contribution in [-0.4, -0.2) is 75.1 Å². The molecule has 1 saturated heterocycles. The maximum atomic E-state index is 12.5. The SMILES string of the molecule is COCCN(CC(=O)N(C)C)C(=O)C1CCNC1C. The van der Waals surface area contributed by atoms with Gasteiger partial charge in [0.15, 0.2) is 0 Å². The van der Waals surface area contributed by atoms with Gasteiger partial charge in [0.2, 0.25) is 11.8 Å². The second-order valence-electron chi connectivity index (χ2n) is 5.18. The van der Waals surface area contributed by atoms with Gasteiger partial charge in [0, 0.05) is 33.8 Å². The van der Waals surface area contributed by atoms with Crippen molar-refractivity contribution in [2.24, 2.45) is 5.92 Å². The zero-order valence-corrected chi connectivity index (χ0v) is 12.3. The topological polar surface area (TPSA) is 61.9 Å². The van der Waals surface area contributed by atoms with E-state index in [0.717, 1.165) is 13.0 Å². The highest BCUT2D eigenvalue weighted by atomic mass is 16.5. The Balaban J connectivity index is 2.66. The number of methoxy groups -OCH3 is 1. The number of hydrogen-bond donors (Lipinski definition) is 1. The molecule has 2 atom stereocenters. The Morgan fingerprint density at radius 1 is 1.37 bits per heavy atom. The molecule has 2 unspecified atom stereocenters. The molecule has 1 heterocycles. The summed E-state index contributed by atoms with van der Waals surface area (Å²) >= 11 is 0. The summed E-state index contributed by atoms with van der Waals surface area (Å²) in [6.45, 7) is 3.90. The maximum absolute atomic E-state index is 12.5. The maximum Gasteiger partial charge on any atom is 0.241 e. The first-order valence-electron chi connectivity index (χ1n) is 6.68. The van der Waals surface area contributed by atoms with Gasteiger partial charge in [-0.2, -0.15) is 0 Å². The van der Waals surface area contributed by atoms with Gasteiger partial charge < -0.3 is 19.9 Å². The molecule has 1 fully saturated rings. The number of carbonyl (C=O) groups excluding carboxylic acids is 2. The van der Waals surface area contributed by atoms with Crippen molar-refractivity contribution in [2.45, 2.75) is 19.4 Å². The number of hydrogen-bond acceptors (Lipinski definition) is 4. The highest BCUT2D eigenvalue weighted by Crippen LogP contribution is 2.18. The molecule has 0 spiro atoms. The quantitative estimate of drug-likeness (QED) is 0.710. The van der Waals surface area contributed by atoms with E-state index in [1.54, 1.807) is 26.1 Å². The van der Waals surface area contributed by atoms with Crippen molar-refractivity contribution in [1.29, 1.82) is 0 Å². The number of carbonyl (C=O) groups is 2. The van der Waals surface area contributed by atoms with Crippen LogP contribution in [0.1, 0.15) is 13.3 Å². The largest absolute Gasteiger partial charge is 0.383 e. The standard InChI is InChI=1S/C13H25N3O3/c1-10-11(5-6-14-10)13(18)16(7-8-19-4)9-12(17)15(2)3/h10-11,14H,5-9H2,1-4H3. The molecule has 0 aromatic heterocycles. The smallest absolute Gasteiger partial charge is 0.241 e. The van der Waals surface area contributed by atoms with Crippen molar-refractivity contribution in [1.82, 2.24) is 15.1 Å². The number of nitrogens with one attached hydrogen (secondary N) is 1. The van der Waals surface area contributed by atoms with Crippen LogP contribution in [0.5, 0.6) is 0 Å². The minimum atomic E-state index is -0.0666. The first kappa shape index (κ1) is 15.9. The van der Waals surface area contributed by atoms with Crippen molar-refractivity contribution in [3.63, 3.8) is 0 Å². The summed E-state index contributed by atoms with van der Waals surface area (Å²) in [5, 5.41) is 3.26.